The molecule has 22 heavy (non-hydrogen) atoms. The molecule has 1 N–H and O–H groups in total. The van der Waals surface area contributed by atoms with E-state index < -0.39 is 5.91 Å². The van der Waals surface area contributed by atoms with Crippen LogP contribution in [-0.4, -0.2) is 18.0 Å². The third-order valence-corrected chi connectivity index (χ3v) is 3.87. The van der Waals surface area contributed by atoms with Crippen LogP contribution in [0.25, 0.3) is 11.3 Å². The topological polar surface area (TPSA) is 64.4 Å². The molecule has 0 atom stereocenters. The van der Waals surface area contributed by atoms with Gasteiger partial charge in [-0.2, -0.15) is 0 Å². The minimum atomic E-state index is -0.396. The van der Waals surface area contributed by atoms with Crippen molar-refractivity contribution in [2.24, 2.45) is 0 Å². The number of furan rings is 1. The molecule has 3 aromatic rings. The number of benzene rings is 1. The van der Waals surface area contributed by atoms with Gasteiger partial charge in [0.25, 0.3) is 5.91 Å². The van der Waals surface area contributed by atoms with Crippen LogP contribution in [0, 0.1) is 0 Å². The Balaban J connectivity index is 1.80. The quantitative estimate of drug-likeness (QED) is 0.771. The second kappa shape index (κ2) is 6.21. The van der Waals surface area contributed by atoms with Crippen molar-refractivity contribution in [3.05, 3.63) is 52.8 Å². The minimum Gasteiger partial charge on any atom is -0.496 e. The van der Waals surface area contributed by atoms with Crippen molar-refractivity contribution in [1.82, 2.24) is 4.98 Å². The summed E-state index contributed by atoms with van der Waals surface area (Å²) in [7, 11) is 1.61. The largest absolute Gasteiger partial charge is 0.496 e. The second-order valence-corrected chi connectivity index (χ2v) is 5.53. The summed E-state index contributed by atoms with van der Waals surface area (Å²) in [6.07, 6.45) is 0. The van der Waals surface area contributed by atoms with Crippen LogP contribution in [-0.2, 0) is 0 Å². The summed E-state index contributed by atoms with van der Waals surface area (Å²) >= 11 is 6.97. The fraction of sp³-hybridized carbons (Fsp3) is 0.0667. The van der Waals surface area contributed by atoms with Crippen molar-refractivity contribution in [2.45, 2.75) is 0 Å². The maximum absolute atomic E-state index is 12.0. The van der Waals surface area contributed by atoms with Crippen molar-refractivity contribution in [3.8, 4) is 17.0 Å². The molecular formula is C15H11ClN2O3S. The maximum Gasteiger partial charge on any atom is 0.293 e. The minimum absolute atomic E-state index is 0.138. The van der Waals surface area contributed by atoms with E-state index in [2.05, 4.69) is 10.3 Å². The van der Waals surface area contributed by atoms with Crippen molar-refractivity contribution in [2.75, 3.05) is 12.4 Å². The lowest BCUT2D eigenvalue weighted by molar-refractivity contribution is 0.0997. The Kier molecular flexibility index (Phi) is 4.13. The molecule has 0 saturated carbocycles. The number of halogens is 1. The number of carbonyl (C=O) groups excluding carboxylic acids is 1. The van der Waals surface area contributed by atoms with Crippen LogP contribution in [0.2, 0.25) is 5.22 Å². The van der Waals surface area contributed by atoms with Gasteiger partial charge in [-0.1, -0.05) is 12.1 Å². The zero-order valence-electron chi connectivity index (χ0n) is 11.5. The maximum atomic E-state index is 12.0. The Hall–Kier alpha value is -2.31. The van der Waals surface area contributed by atoms with E-state index in [9.17, 15) is 4.79 Å². The fourth-order valence-corrected chi connectivity index (χ4v) is 2.76. The van der Waals surface area contributed by atoms with Gasteiger partial charge in [0.1, 0.15) is 5.75 Å². The Morgan fingerprint density at radius 3 is 2.86 bits per heavy atom. The summed E-state index contributed by atoms with van der Waals surface area (Å²) in [6, 6.07) is 10.6. The summed E-state index contributed by atoms with van der Waals surface area (Å²) in [4.78, 5) is 16.4. The molecule has 0 saturated heterocycles. The third-order valence-electron chi connectivity index (χ3n) is 2.90. The van der Waals surface area contributed by atoms with Crippen molar-refractivity contribution >= 4 is 34.0 Å². The van der Waals surface area contributed by atoms with Crippen LogP contribution >= 0.6 is 22.9 Å². The van der Waals surface area contributed by atoms with E-state index in [1.165, 1.54) is 23.5 Å². The highest BCUT2D eigenvalue weighted by Gasteiger charge is 2.14. The van der Waals surface area contributed by atoms with E-state index in [-0.39, 0.29) is 11.0 Å². The predicted molar refractivity (Wildman–Crippen MR) is 85.8 cm³/mol. The molecule has 0 aliphatic carbocycles. The summed E-state index contributed by atoms with van der Waals surface area (Å²) in [6.45, 7) is 0. The first kappa shape index (κ1) is 14.6. The van der Waals surface area contributed by atoms with Gasteiger partial charge in [-0.05, 0) is 35.9 Å². The molecule has 2 heterocycles. The van der Waals surface area contributed by atoms with E-state index in [4.69, 9.17) is 20.8 Å². The molecule has 112 valence electrons. The number of carbonyl (C=O) groups is 1. The number of aromatic nitrogens is 1. The van der Waals surface area contributed by atoms with E-state index in [0.717, 1.165) is 17.0 Å². The highest BCUT2D eigenvalue weighted by atomic mass is 35.5. The van der Waals surface area contributed by atoms with Crippen LogP contribution in [0.15, 0.2) is 46.2 Å². The van der Waals surface area contributed by atoms with Gasteiger partial charge in [0.15, 0.2) is 16.1 Å². The number of rotatable bonds is 4. The number of methoxy groups -OCH3 is 1. The average Bonchev–Trinajstić information content (AvgIpc) is 3.16. The first-order chi connectivity index (χ1) is 10.7. The van der Waals surface area contributed by atoms with Gasteiger partial charge in [0.05, 0.1) is 12.8 Å². The van der Waals surface area contributed by atoms with Gasteiger partial charge in [0.2, 0.25) is 0 Å². The zero-order valence-corrected chi connectivity index (χ0v) is 13.1. The molecule has 3 rings (SSSR count). The fourth-order valence-electron chi connectivity index (χ4n) is 1.91. The number of ether oxygens (including phenoxy) is 1. The summed E-state index contributed by atoms with van der Waals surface area (Å²) in [5.41, 5.74) is 1.60. The van der Waals surface area contributed by atoms with Crippen molar-refractivity contribution in [3.63, 3.8) is 0 Å². The SMILES string of the molecule is COc1ccccc1-c1csc(NC(=O)c2ccc(Cl)o2)n1. The lowest BCUT2D eigenvalue weighted by atomic mass is 10.1. The third kappa shape index (κ3) is 2.98. The normalized spacial score (nSPS) is 10.5. The first-order valence-electron chi connectivity index (χ1n) is 6.33. The number of nitrogens with zero attached hydrogens (tertiary/aromatic N) is 1. The van der Waals surface area contributed by atoms with Gasteiger partial charge < -0.3 is 9.15 Å². The van der Waals surface area contributed by atoms with Crippen LogP contribution in [0.1, 0.15) is 10.6 Å². The second-order valence-electron chi connectivity index (χ2n) is 4.30. The molecule has 2 aromatic heterocycles. The molecule has 0 spiro atoms. The molecule has 1 aromatic carbocycles. The lowest BCUT2D eigenvalue weighted by Crippen LogP contribution is -2.10. The molecule has 5 nitrogen and oxygen atoms in total. The molecule has 0 unspecified atom stereocenters. The number of hydrogen-bond donors (Lipinski definition) is 1. The van der Waals surface area contributed by atoms with Gasteiger partial charge in [-0.3, -0.25) is 10.1 Å². The Morgan fingerprint density at radius 2 is 2.14 bits per heavy atom. The summed E-state index contributed by atoms with van der Waals surface area (Å²) in [5, 5.41) is 5.16. The van der Waals surface area contributed by atoms with Crippen LogP contribution in [0.3, 0.4) is 0 Å². The number of hydrogen-bond acceptors (Lipinski definition) is 5. The van der Waals surface area contributed by atoms with Gasteiger partial charge in [-0.15, -0.1) is 11.3 Å². The molecule has 0 radical (unpaired) electrons. The molecule has 0 aliphatic heterocycles. The molecular weight excluding hydrogens is 324 g/mol. The number of thiazole rings is 1. The smallest absolute Gasteiger partial charge is 0.293 e. The molecule has 0 fully saturated rings. The van der Waals surface area contributed by atoms with Gasteiger partial charge in [-0.25, -0.2) is 4.98 Å². The predicted octanol–water partition coefficient (Wildman–Crippen LogP) is 4.32. The van der Waals surface area contributed by atoms with E-state index in [1.807, 2.05) is 29.6 Å². The van der Waals surface area contributed by atoms with Gasteiger partial charge >= 0.3 is 0 Å². The first-order valence-corrected chi connectivity index (χ1v) is 7.59. The molecule has 0 aliphatic rings. The van der Waals surface area contributed by atoms with Crippen molar-refractivity contribution < 1.29 is 13.9 Å². The highest BCUT2D eigenvalue weighted by molar-refractivity contribution is 7.14. The van der Waals surface area contributed by atoms with Crippen LogP contribution in [0.5, 0.6) is 5.75 Å². The Bertz CT molecular complexity index is 812. The standard InChI is InChI=1S/C15H11ClN2O3S/c1-20-11-5-3-2-4-9(11)10-8-22-15(17-10)18-14(19)12-6-7-13(16)21-12/h2-8H,1H3,(H,17,18,19). The van der Waals surface area contributed by atoms with Crippen LogP contribution < -0.4 is 10.1 Å². The average molecular weight is 335 g/mol. The lowest BCUT2D eigenvalue weighted by Gasteiger charge is -2.04. The molecule has 1 amide bonds. The Labute approximate surface area is 135 Å². The summed E-state index contributed by atoms with van der Waals surface area (Å²) < 4.78 is 10.4. The molecule has 7 heteroatoms. The van der Waals surface area contributed by atoms with E-state index in [0.29, 0.717) is 5.13 Å². The van der Waals surface area contributed by atoms with E-state index in [1.54, 1.807) is 7.11 Å². The number of nitrogens with one attached hydrogen (secondary N) is 1. The number of amides is 1. The van der Waals surface area contributed by atoms with Gasteiger partial charge in [0, 0.05) is 10.9 Å². The van der Waals surface area contributed by atoms with Crippen LogP contribution in [0.4, 0.5) is 5.13 Å². The number of anilines is 1. The summed E-state index contributed by atoms with van der Waals surface area (Å²) in [5.74, 6) is 0.468. The molecule has 0 bridgehead atoms. The Morgan fingerprint density at radius 1 is 1.32 bits per heavy atom. The zero-order chi connectivity index (χ0) is 15.5. The van der Waals surface area contributed by atoms with E-state index >= 15 is 0 Å². The van der Waals surface area contributed by atoms with Crippen molar-refractivity contribution in [1.29, 1.82) is 0 Å². The highest BCUT2D eigenvalue weighted by Crippen LogP contribution is 2.32. The monoisotopic (exact) mass is 334 g/mol. The number of para-hydroxylation sites is 1.